The maximum Gasteiger partial charge on any atom is 0.419 e. The van der Waals surface area contributed by atoms with Crippen LogP contribution >= 0.6 is 0 Å². The Morgan fingerprint density at radius 1 is 1.19 bits per heavy atom. The molecule has 1 aromatic carbocycles. The number of hydrogen-bond donors (Lipinski definition) is 1. The van der Waals surface area contributed by atoms with Crippen LogP contribution in [0.5, 0.6) is 5.88 Å². The molecule has 1 amide bonds. The third-order valence-corrected chi connectivity index (χ3v) is 6.10. The molecule has 0 saturated heterocycles. The molecule has 0 bridgehead atoms. The number of aromatic nitrogens is 6. The van der Waals surface area contributed by atoms with Crippen LogP contribution in [0.4, 0.5) is 20.7 Å². The van der Waals surface area contributed by atoms with Crippen LogP contribution in [0.2, 0.25) is 0 Å². The summed E-state index contributed by atoms with van der Waals surface area (Å²) in [6.07, 6.45) is 2.56. The first-order valence-electron chi connectivity index (χ1n) is 11.6. The minimum atomic E-state index is -0.797. The molecule has 0 aliphatic heterocycles. The number of carbonyl (C=O) groups excluding carboxylic acids is 1. The van der Waals surface area contributed by atoms with Gasteiger partial charge in [-0.1, -0.05) is 0 Å². The van der Waals surface area contributed by atoms with Crippen LogP contribution in [0, 0.1) is 42.6 Å². The van der Waals surface area contributed by atoms with Gasteiger partial charge in [0, 0.05) is 23.7 Å². The molecular formula is C24H23FN8O4. The smallest absolute Gasteiger partial charge is 0.391 e. The fraction of sp³-hybridized carbons (Fsp3) is 0.292. The summed E-state index contributed by atoms with van der Waals surface area (Å²) in [6.45, 7) is 5.48. The number of nitrogens with zero attached hydrogens (tertiary/aromatic N) is 7. The Morgan fingerprint density at radius 2 is 1.92 bits per heavy atom. The molecule has 1 aliphatic carbocycles. The Balaban J connectivity index is 1.39. The fourth-order valence-electron chi connectivity index (χ4n) is 4.09. The summed E-state index contributed by atoms with van der Waals surface area (Å²) in [5, 5.41) is 22.7. The minimum absolute atomic E-state index is 0.108. The first kappa shape index (κ1) is 24.0. The number of aryl methyl sites for hydroxylation is 1. The van der Waals surface area contributed by atoms with Crippen molar-refractivity contribution < 1.29 is 18.8 Å². The van der Waals surface area contributed by atoms with E-state index in [1.807, 2.05) is 0 Å². The van der Waals surface area contributed by atoms with Crippen molar-refractivity contribution in [3.63, 3.8) is 0 Å². The van der Waals surface area contributed by atoms with E-state index in [2.05, 4.69) is 25.5 Å². The average Bonchev–Trinajstić information content (AvgIpc) is 3.55. The van der Waals surface area contributed by atoms with Crippen LogP contribution in [0.1, 0.15) is 29.8 Å². The molecule has 4 aromatic rings. The van der Waals surface area contributed by atoms with Gasteiger partial charge in [0.05, 0.1) is 10.6 Å². The minimum Gasteiger partial charge on any atom is -0.391 e. The number of halogens is 1. The summed E-state index contributed by atoms with van der Waals surface area (Å²) in [5.74, 6) is 0.753. The molecule has 0 atom stereocenters. The quantitative estimate of drug-likeness (QED) is 0.285. The SMILES string of the molecule is Cc1nn(-c2cc(NC(=O)Oc3c(C)c(-c4ccc(F)cc4)nn3CC3CC3)ncn2)c(C)c1[N+](=O)[O-]. The van der Waals surface area contributed by atoms with Crippen LogP contribution in [0.15, 0.2) is 36.7 Å². The van der Waals surface area contributed by atoms with E-state index in [9.17, 15) is 19.3 Å². The van der Waals surface area contributed by atoms with E-state index in [1.54, 1.807) is 30.7 Å². The van der Waals surface area contributed by atoms with Gasteiger partial charge in [-0.25, -0.2) is 28.5 Å². The van der Waals surface area contributed by atoms with Gasteiger partial charge in [0.25, 0.3) is 0 Å². The van der Waals surface area contributed by atoms with Crippen molar-refractivity contribution in [1.82, 2.24) is 29.5 Å². The van der Waals surface area contributed by atoms with E-state index in [0.717, 1.165) is 12.8 Å². The maximum atomic E-state index is 13.4. The number of amides is 1. The van der Waals surface area contributed by atoms with Crippen LogP contribution in [-0.4, -0.2) is 40.5 Å². The highest BCUT2D eigenvalue weighted by atomic mass is 19.1. The Bertz CT molecular complexity index is 1510. The third-order valence-electron chi connectivity index (χ3n) is 6.10. The van der Waals surface area contributed by atoms with Gasteiger partial charge < -0.3 is 4.74 Å². The van der Waals surface area contributed by atoms with Crippen LogP contribution in [-0.2, 0) is 6.54 Å². The van der Waals surface area contributed by atoms with E-state index in [4.69, 9.17) is 4.74 Å². The van der Waals surface area contributed by atoms with Crippen molar-refractivity contribution in [2.24, 2.45) is 5.92 Å². The van der Waals surface area contributed by atoms with Gasteiger partial charge in [-0.2, -0.15) is 10.2 Å². The van der Waals surface area contributed by atoms with E-state index in [1.165, 1.54) is 36.1 Å². The lowest BCUT2D eigenvalue weighted by molar-refractivity contribution is -0.386. The summed E-state index contributed by atoms with van der Waals surface area (Å²) in [5.41, 5.74) is 2.37. The molecule has 190 valence electrons. The largest absolute Gasteiger partial charge is 0.419 e. The van der Waals surface area contributed by atoms with Gasteiger partial charge in [-0.15, -0.1) is 0 Å². The predicted molar refractivity (Wildman–Crippen MR) is 130 cm³/mol. The zero-order valence-electron chi connectivity index (χ0n) is 20.3. The zero-order chi connectivity index (χ0) is 26.3. The van der Waals surface area contributed by atoms with Crippen molar-refractivity contribution in [3.05, 3.63) is 69.5 Å². The molecule has 5 rings (SSSR count). The highest BCUT2D eigenvalue weighted by molar-refractivity contribution is 5.85. The fourth-order valence-corrected chi connectivity index (χ4v) is 4.09. The average molecular weight is 506 g/mol. The molecule has 0 radical (unpaired) electrons. The van der Waals surface area contributed by atoms with Crippen LogP contribution < -0.4 is 10.1 Å². The van der Waals surface area contributed by atoms with Gasteiger partial charge in [-0.05, 0) is 63.8 Å². The lowest BCUT2D eigenvalue weighted by Gasteiger charge is -2.10. The second-order valence-corrected chi connectivity index (χ2v) is 8.88. The van der Waals surface area contributed by atoms with Gasteiger partial charge in [0.15, 0.2) is 5.82 Å². The molecule has 1 aliphatic rings. The molecule has 1 N–H and O–H groups in total. The summed E-state index contributed by atoms with van der Waals surface area (Å²) >= 11 is 0. The van der Waals surface area contributed by atoms with Crippen molar-refractivity contribution in [2.45, 2.75) is 40.2 Å². The van der Waals surface area contributed by atoms with Crippen LogP contribution in [0.3, 0.4) is 0 Å². The van der Waals surface area contributed by atoms with Gasteiger partial charge in [-0.3, -0.25) is 15.4 Å². The molecule has 13 heteroatoms. The van der Waals surface area contributed by atoms with E-state index < -0.39 is 11.0 Å². The number of anilines is 1. The highest BCUT2D eigenvalue weighted by Gasteiger charge is 2.27. The van der Waals surface area contributed by atoms with E-state index in [-0.39, 0.29) is 34.7 Å². The lowest BCUT2D eigenvalue weighted by Crippen LogP contribution is -2.20. The standard InChI is InChI=1S/C24H23FN8O4/c1-13-21(17-6-8-18(25)9-7-17)30-31(11-16-4-5-16)23(13)37-24(34)28-19-10-20(27-12-26-19)32-15(3)22(33(35)36)14(2)29-32/h6-10,12,16H,4-5,11H2,1-3H3,(H,26,27,28,34). The molecular weight excluding hydrogens is 483 g/mol. The van der Waals surface area contributed by atoms with Crippen molar-refractivity contribution >= 4 is 17.6 Å². The predicted octanol–water partition coefficient (Wildman–Crippen LogP) is 4.52. The Morgan fingerprint density at radius 3 is 2.57 bits per heavy atom. The third kappa shape index (κ3) is 4.87. The van der Waals surface area contributed by atoms with Crippen molar-refractivity contribution in [2.75, 3.05) is 5.32 Å². The van der Waals surface area contributed by atoms with Gasteiger partial charge in [0.2, 0.25) is 5.88 Å². The molecule has 3 aromatic heterocycles. The molecule has 1 fully saturated rings. The number of rotatable bonds is 7. The number of carbonyl (C=O) groups is 1. The zero-order valence-corrected chi connectivity index (χ0v) is 20.3. The molecule has 3 heterocycles. The van der Waals surface area contributed by atoms with Gasteiger partial charge in [0.1, 0.15) is 29.4 Å². The highest BCUT2D eigenvalue weighted by Crippen LogP contribution is 2.36. The first-order chi connectivity index (χ1) is 17.7. The molecule has 0 spiro atoms. The second-order valence-electron chi connectivity index (χ2n) is 8.88. The summed E-state index contributed by atoms with van der Waals surface area (Å²) in [6, 6.07) is 7.39. The number of benzene rings is 1. The number of hydrogen-bond acceptors (Lipinski definition) is 8. The van der Waals surface area contributed by atoms with Gasteiger partial charge >= 0.3 is 11.8 Å². The molecule has 0 unspecified atom stereocenters. The summed E-state index contributed by atoms with van der Waals surface area (Å²) in [7, 11) is 0. The summed E-state index contributed by atoms with van der Waals surface area (Å²) < 4.78 is 22.0. The summed E-state index contributed by atoms with van der Waals surface area (Å²) in [4.78, 5) is 31.8. The molecule has 1 saturated carbocycles. The van der Waals surface area contributed by atoms with E-state index in [0.29, 0.717) is 35.0 Å². The van der Waals surface area contributed by atoms with Crippen molar-refractivity contribution in [3.8, 4) is 23.0 Å². The van der Waals surface area contributed by atoms with Crippen molar-refractivity contribution in [1.29, 1.82) is 0 Å². The molecule has 37 heavy (non-hydrogen) atoms. The van der Waals surface area contributed by atoms with Crippen LogP contribution in [0.25, 0.3) is 17.1 Å². The first-order valence-corrected chi connectivity index (χ1v) is 11.6. The monoisotopic (exact) mass is 506 g/mol. The Kier molecular flexibility index (Phi) is 6.11. The topological polar surface area (TPSA) is 143 Å². The van der Waals surface area contributed by atoms with E-state index >= 15 is 0 Å². The Labute approximate surface area is 210 Å². The number of nitrogens with one attached hydrogen (secondary N) is 1. The lowest BCUT2D eigenvalue weighted by atomic mass is 10.1. The number of ether oxygens (including phenoxy) is 1. The Hall–Kier alpha value is -4.68. The second kappa shape index (κ2) is 9.41. The normalized spacial score (nSPS) is 13.0. The molecule has 12 nitrogen and oxygen atoms in total. The number of nitro groups is 1. The maximum absolute atomic E-state index is 13.4.